The molecule has 1 aromatic rings. The van der Waals surface area contributed by atoms with Crippen molar-refractivity contribution in [1.82, 2.24) is 5.32 Å². The molecule has 20 heavy (non-hydrogen) atoms. The van der Waals surface area contributed by atoms with Crippen LogP contribution in [0.5, 0.6) is 0 Å². The molecule has 1 fully saturated rings. The average molecular weight is 292 g/mol. The highest BCUT2D eigenvalue weighted by molar-refractivity contribution is 7.12. The minimum absolute atomic E-state index is 0.0690. The van der Waals surface area contributed by atoms with E-state index in [-0.39, 0.29) is 11.9 Å². The van der Waals surface area contributed by atoms with Crippen molar-refractivity contribution in [1.29, 1.82) is 5.26 Å². The zero-order valence-electron chi connectivity index (χ0n) is 12.2. The smallest absolute Gasteiger partial charge is 0.241 e. The van der Waals surface area contributed by atoms with Gasteiger partial charge in [0.05, 0.1) is 12.1 Å². The first-order valence-corrected chi connectivity index (χ1v) is 7.67. The zero-order valence-corrected chi connectivity index (χ0v) is 13.0. The summed E-state index contributed by atoms with van der Waals surface area (Å²) in [5, 5.41) is 12.4. The number of nitriles is 1. The summed E-state index contributed by atoms with van der Waals surface area (Å²) in [6.45, 7) is 7.05. The first-order valence-electron chi connectivity index (χ1n) is 6.85. The van der Waals surface area contributed by atoms with Crippen LogP contribution < -0.4 is 5.32 Å². The Kier molecular flexibility index (Phi) is 4.46. The summed E-state index contributed by atoms with van der Waals surface area (Å²) in [7, 11) is 0. The van der Waals surface area contributed by atoms with Crippen LogP contribution in [-0.2, 0) is 9.53 Å². The molecule has 1 unspecified atom stereocenters. The third-order valence-corrected chi connectivity index (χ3v) is 4.87. The molecule has 2 heterocycles. The van der Waals surface area contributed by atoms with Crippen molar-refractivity contribution in [3.8, 4) is 6.07 Å². The maximum atomic E-state index is 12.5. The molecular weight excluding hydrogens is 272 g/mol. The Hall–Kier alpha value is -1.38. The summed E-state index contributed by atoms with van der Waals surface area (Å²) in [4.78, 5) is 14.9. The lowest BCUT2D eigenvalue weighted by Crippen LogP contribution is -2.44. The van der Waals surface area contributed by atoms with Gasteiger partial charge in [0.15, 0.2) is 0 Å². The predicted molar refractivity (Wildman–Crippen MR) is 78.4 cm³/mol. The summed E-state index contributed by atoms with van der Waals surface area (Å²) in [5.74, 6) is -0.168. The van der Waals surface area contributed by atoms with Crippen LogP contribution in [0.4, 0.5) is 0 Å². The van der Waals surface area contributed by atoms with Gasteiger partial charge in [-0.15, -0.1) is 11.3 Å². The van der Waals surface area contributed by atoms with Crippen LogP contribution >= 0.6 is 11.3 Å². The molecule has 1 atom stereocenters. The molecule has 2 rings (SSSR count). The second-order valence-electron chi connectivity index (χ2n) is 5.37. The molecule has 1 N–H and O–H groups in total. The minimum atomic E-state index is -0.925. The van der Waals surface area contributed by atoms with Crippen LogP contribution in [0.2, 0.25) is 0 Å². The van der Waals surface area contributed by atoms with Crippen LogP contribution in [0.25, 0.3) is 0 Å². The largest absolute Gasteiger partial charge is 0.381 e. The van der Waals surface area contributed by atoms with Gasteiger partial charge >= 0.3 is 0 Å². The first kappa shape index (κ1) is 15.0. The van der Waals surface area contributed by atoms with Gasteiger partial charge in [-0.25, -0.2) is 0 Å². The molecule has 4 nitrogen and oxygen atoms in total. The molecule has 0 saturated carbocycles. The lowest BCUT2D eigenvalue weighted by Gasteiger charge is -2.30. The average Bonchev–Trinajstić information content (AvgIpc) is 2.78. The molecule has 1 amide bonds. The van der Waals surface area contributed by atoms with E-state index in [2.05, 4.69) is 31.3 Å². The minimum Gasteiger partial charge on any atom is -0.381 e. The van der Waals surface area contributed by atoms with E-state index in [1.165, 1.54) is 9.75 Å². The number of rotatable bonds is 3. The van der Waals surface area contributed by atoms with E-state index < -0.39 is 5.41 Å². The van der Waals surface area contributed by atoms with Crippen LogP contribution in [0, 0.1) is 30.6 Å². The molecule has 0 aromatic carbocycles. The van der Waals surface area contributed by atoms with Crippen molar-refractivity contribution < 1.29 is 9.53 Å². The molecule has 1 aliphatic rings. The molecule has 0 bridgehead atoms. The number of aryl methyl sites for hydroxylation is 2. The molecule has 0 aliphatic carbocycles. The number of hydrogen-bond acceptors (Lipinski definition) is 4. The lowest BCUT2D eigenvalue weighted by atomic mass is 9.80. The summed E-state index contributed by atoms with van der Waals surface area (Å²) >= 11 is 1.73. The van der Waals surface area contributed by atoms with E-state index in [1.54, 1.807) is 11.3 Å². The Morgan fingerprint density at radius 3 is 2.65 bits per heavy atom. The highest BCUT2D eigenvalue weighted by atomic mass is 32.1. The summed E-state index contributed by atoms with van der Waals surface area (Å²) in [5.41, 5.74) is 0.215. The molecule has 1 aromatic heterocycles. The summed E-state index contributed by atoms with van der Waals surface area (Å²) in [6.07, 6.45) is 0.952. The van der Waals surface area contributed by atoms with Crippen molar-refractivity contribution in [2.24, 2.45) is 5.41 Å². The molecule has 0 radical (unpaired) electrons. The number of nitrogens with one attached hydrogen (secondary N) is 1. The van der Waals surface area contributed by atoms with Crippen molar-refractivity contribution in [2.75, 3.05) is 13.2 Å². The first-order chi connectivity index (χ1) is 9.48. The van der Waals surface area contributed by atoms with E-state index >= 15 is 0 Å². The Morgan fingerprint density at radius 1 is 1.50 bits per heavy atom. The SMILES string of the molecule is Cc1cc(C(C)NC(=O)C2(C#N)CCOCC2)c(C)s1. The standard InChI is InChI=1S/C15H20N2O2S/c1-10-8-13(12(3)20-10)11(2)17-14(18)15(9-16)4-6-19-7-5-15/h8,11H,4-7H2,1-3H3,(H,17,18). The van der Waals surface area contributed by atoms with Gasteiger partial charge in [-0.2, -0.15) is 5.26 Å². The number of carbonyl (C=O) groups excluding carboxylic acids is 1. The van der Waals surface area contributed by atoms with E-state index in [9.17, 15) is 10.1 Å². The van der Waals surface area contributed by atoms with Crippen molar-refractivity contribution >= 4 is 17.2 Å². The van der Waals surface area contributed by atoms with Crippen LogP contribution in [0.1, 0.15) is 41.1 Å². The van der Waals surface area contributed by atoms with Gasteiger partial charge in [0.1, 0.15) is 5.41 Å². The van der Waals surface area contributed by atoms with Crippen LogP contribution in [0.15, 0.2) is 6.07 Å². The van der Waals surface area contributed by atoms with Crippen LogP contribution in [-0.4, -0.2) is 19.1 Å². The molecule has 1 saturated heterocycles. The second-order valence-corrected chi connectivity index (χ2v) is 6.83. The number of ether oxygens (including phenoxy) is 1. The van der Waals surface area contributed by atoms with Gasteiger partial charge in [-0.05, 0) is 45.2 Å². The van der Waals surface area contributed by atoms with Crippen molar-refractivity contribution in [3.63, 3.8) is 0 Å². The van der Waals surface area contributed by atoms with E-state index in [0.717, 1.165) is 5.56 Å². The van der Waals surface area contributed by atoms with E-state index in [1.807, 2.05) is 6.92 Å². The molecule has 1 aliphatic heterocycles. The molecule has 0 spiro atoms. The molecule has 5 heteroatoms. The van der Waals surface area contributed by atoms with Gasteiger partial charge in [-0.1, -0.05) is 0 Å². The second kappa shape index (κ2) is 5.94. The van der Waals surface area contributed by atoms with Gasteiger partial charge < -0.3 is 10.1 Å². The van der Waals surface area contributed by atoms with E-state index in [4.69, 9.17) is 4.74 Å². The quantitative estimate of drug-likeness (QED) is 0.931. The third-order valence-electron chi connectivity index (χ3n) is 3.89. The maximum Gasteiger partial charge on any atom is 0.241 e. The molecule has 108 valence electrons. The predicted octanol–water partition coefficient (Wildman–Crippen LogP) is 2.86. The fourth-order valence-corrected chi connectivity index (χ4v) is 3.62. The summed E-state index contributed by atoms with van der Waals surface area (Å²) in [6, 6.07) is 4.24. The number of amides is 1. The topological polar surface area (TPSA) is 62.1 Å². The fourth-order valence-electron chi connectivity index (χ4n) is 2.60. The Bertz CT molecular complexity index is 539. The van der Waals surface area contributed by atoms with Crippen molar-refractivity contribution in [3.05, 3.63) is 21.4 Å². The normalized spacial score (nSPS) is 19.1. The van der Waals surface area contributed by atoms with Crippen molar-refractivity contribution in [2.45, 2.75) is 39.7 Å². The van der Waals surface area contributed by atoms with Crippen LogP contribution in [0.3, 0.4) is 0 Å². The fraction of sp³-hybridized carbons (Fsp3) is 0.600. The summed E-state index contributed by atoms with van der Waals surface area (Å²) < 4.78 is 5.26. The lowest BCUT2D eigenvalue weighted by molar-refractivity contribution is -0.133. The number of carbonyl (C=O) groups is 1. The highest BCUT2D eigenvalue weighted by Gasteiger charge is 2.41. The maximum absolute atomic E-state index is 12.5. The van der Waals surface area contributed by atoms with Gasteiger partial charge in [-0.3, -0.25) is 4.79 Å². The van der Waals surface area contributed by atoms with E-state index in [0.29, 0.717) is 26.1 Å². The van der Waals surface area contributed by atoms with Gasteiger partial charge in [0, 0.05) is 23.0 Å². The zero-order chi connectivity index (χ0) is 14.8. The number of hydrogen-bond donors (Lipinski definition) is 1. The molecular formula is C15H20N2O2S. The van der Waals surface area contributed by atoms with Gasteiger partial charge in [0.25, 0.3) is 0 Å². The highest BCUT2D eigenvalue weighted by Crippen LogP contribution is 2.32. The third kappa shape index (κ3) is 2.87. The Balaban J connectivity index is 2.11. The number of thiophene rings is 1. The Labute approximate surface area is 123 Å². The monoisotopic (exact) mass is 292 g/mol. The van der Waals surface area contributed by atoms with Gasteiger partial charge in [0.2, 0.25) is 5.91 Å². The number of nitrogens with zero attached hydrogens (tertiary/aromatic N) is 1. The Morgan fingerprint density at radius 2 is 2.15 bits per heavy atom.